The molecule has 0 bridgehead atoms. The van der Waals surface area contributed by atoms with Gasteiger partial charge in [-0.3, -0.25) is 18.6 Å². The molecule has 0 aromatic carbocycles. The predicted octanol–water partition coefficient (Wildman–Crippen LogP) is 15.7. The summed E-state index contributed by atoms with van der Waals surface area (Å²) in [6.07, 6.45) is 65.9. The molecule has 0 heterocycles. The Morgan fingerprint density at radius 3 is 1.26 bits per heavy atom. The average Bonchev–Trinajstić information content (AvgIpc) is 3.30. The van der Waals surface area contributed by atoms with Crippen LogP contribution in [0.5, 0.6) is 0 Å². The lowest BCUT2D eigenvalue weighted by Gasteiger charge is -2.19. The minimum atomic E-state index is -4.39. The highest BCUT2D eigenvalue weighted by Gasteiger charge is 2.26. The Bertz CT molecular complexity index is 1380. The smallest absolute Gasteiger partial charge is 0.462 e. The van der Waals surface area contributed by atoms with Crippen molar-refractivity contribution in [3.63, 3.8) is 0 Å². The van der Waals surface area contributed by atoms with E-state index in [1.807, 2.05) is 0 Å². The van der Waals surface area contributed by atoms with Crippen molar-refractivity contribution < 1.29 is 37.6 Å². The quantitative estimate of drug-likeness (QED) is 0.0265. The minimum Gasteiger partial charge on any atom is -0.462 e. The third-order valence-corrected chi connectivity index (χ3v) is 11.4. The van der Waals surface area contributed by atoms with Crippen molar-refractivity contribution in [2.75, 3.05) is 26.4 Å². The van der Waals surface area contributed by atoms with Crippen LogP contribution in [0.15, 0.2) is 97.2 Å². The molecule has 0 saturated heterocycles. The molecule has 2 atom stereocenters. The van der Waals surface area contributed by atoms with Crippen LogP contribution in [0, 0.1) is 0 Å². The molecule has 65 heavy (non-hydrogen) atoms. The number of carbonyl (C=O) groups excluding carboxylic acids is 2. The second-order valence-electron chi connectivity index (χ2n) is 16.7. The van der Waals surface area contributed by atoms with Gasteiger partial charge in [-0.2, -0.15) is 0 Å². The molecule has 10 heteroatoms. The Kier molecular flexibility index (Phi) is 48.0. The molecular weight excluding hydrogens is 834 g/mol. The van der Waals surface area contributed by atoms with Crippen molar-refractivity contribution in [2.24, 2.45) is 5.73 Å². The van der Waals surface area contributed by atoms with Gasteiger partial charge in [0.05, 0.1) is 13.2 Å². The maximum Gasteiger partial charge on any atom is 0.472 e. The fourth-order valence-corrected chi connectivity index (χ4v) is 7.43. The monoisotopic (exact) mass is 928 g/mol. The molecule has 0 rings (SSSR count). The summed E-state index contributed by atoms with van der Waals surface area (Å²) in [6.45, 7) is 3.57. The number of allylic oxidation sites excluding steroid dienone is 16. The van der Waals surface area contributed by atoms with E-state index in [0.29, 0.717) is 12.8 Å². The zero-order chi connectivity index (χ0) is 47.4. The van der Waals surface area contributed by atoms with E-state index in [1.165, 1.54) is 64.2 Å². The van der Waals surface area contributed by atoms with Gasteiger partial charge in [-0.25, -0.2) is 4.57 Å². The fourth-order valence-electron chi connectivity index (χ4n) is 6.67. The summed E-state index contributed by atoms with van der Waals surface area (Å²) in [7, 11) is -4.39. The highest BCUT2D eigenvalue weighted by Crippen LogP contribution is 2.43. The SMILES string of the molecule is CC/C=C\C/C=C\C/C=C\C/C=C\C/C=C\C/C=C\CCCCCCCCCCCCC(=O)OC(COC(=O)CCCCCCC/C=C\C/C=C\CCCCC)COP(=O)(O)OCCN. The lowest BCUT2D eigenvalue weighted by molar-refractivity contribution is -0.161. The summed E-state index contributed by atoms with van der Waals surface area (Å²) < 4.78 is 32.9. The molecular formula is C55H94NO8P. The van der Waals surface area contributed by atoms with Crippen LogP contribution in [0.2, 0.25) is 0 Å². The number of nitrogens with two attached hydrogens (primary N) is 1. The molecule has 372 valence electrons. The van der Waals surface area contributed by atoms with Crippen molar-refractivity contribution in [1.29, 1.82) is 0 Å². The van der Waals surface area contributed by atoms with Gasteiger partial charge >= 0.3 is 19.8 Å². The van der Waals surface area contributed by atoms with Gasteiger partial charge < -0.3 is 20.1 Å². The second-order valence-corrected chi connectivity index (χ2v) is 18.1. The molecule has 0 fully saturated rings. The summed E-state index contributed by atoms with van der Waals surface area (Å²) in [5.74, 6) is -0.854. The minimum absolute atomic E-state index is 0.0461. The van der Waals surface area contributed by atoms with Gasteiger partial charge in [0.1, 0.15) is 6.61 Å². The zero-order valence-corrected chi connectivity index (χ0v) is 42.1. The predicted molar refractivity (Wildman–Crippen MR) is 275 cm³/mol. The third-order valence-electron chi connectivity index (χ3n) is 10.5. The molecule has 0 aromatic rings. The van der Waals surface area contributed by atoms with Crippen LogP contribution in [-0.4, -0.2) is 49.3 Å². The summed E-state index contributed by atoms with van der Waals surface area (Å²) in [4.78, 5) is 35.0. The summed E-state index contributed by atoms with van der Waals surface area (Å²) in [5, 5.41) is 0. The van der Waals surface area contributed by atoms with E-state index in [-0.39, 0.29) is 32.6 Å². The lowest BCUT2D eigenvalue weighted by Crippen LogP contribution is -2.29. The van der Waals surface area contributed by atoms with Gasteiger partial charge in [-0.05, 0) is 96.3 Å². The Labute approximate surface area is 397 Å². The molecule has 0 aliphatic carbocycles. The maximum atomic E-state index is 12.7. The summed E-state index contributed by atoms with van der Waals surface area (Å²) in [5.41, 5.74) is 5.36. The molecule has 0 aromatic heterocycles. The van der Waals surface area contributed by atoms with Gasteiger partial charge in [-0.15, -0.1) is 0 Å². The highest BCUT2D eigenvalue weighted by molar-refractivity contribution is 7.47. The van der Waals surface area contributed by atoms with Gasteiger partial charge in [-0.1, -0.05) is 195 Å². The number of esters is 2. The standard InChI is InChI=1S/C55H94NO8P/c1-3-5-7-9-11-13-15-17-19-20-21-22-23-24-25-26-27-28-29-30-31-32-34-36-38-40-42-44-46-48-55(58)64-53(52-63-65(59,60)62-50-49-56)51-61-54(57)47-45-43-41-39-37-35-33-18-16-14-12-10-8-6-4-2/h5,7,11-14,17-19,21-22,24-25,27-28,33,53H,3-4,6,8-10,15-16,20,23,26,29-32,34-52,56H2,1-2H3,(H,59,60)/b7-5-,13-11-,14-12-,19-17-,22-21-,25-24-,28-27-,33-18-. The summed E-state index contributed by atoms with van der Waals surface area (Å²) >= 11 is 0. The number of hydrogen-bond acceptors (Lipinski definition) is 8. The van der Waals surface area contributed by atoms with E-state index in [9.17, 15) is 19.0 Å². The zero-order valence-electron chi connectivity index (χ0n) is 41.2. The first-order chi connectivity index (χ1) is 31.8. The molecule has 0 aliphatic rings. The van der Waals surface area contributed by atoms with E-state index >= 15 is 0 Å². The van der Waals surface area contributed by atoms with Gasteiger partial charge in [0.2, 0.25) is 0 Å². The number of rotatable bonds is 47. The summed E-state index contributed by atoms with van der Waals surface area (Å²) in [6, 6.07) is 0. The van der Waals surface area contributed by atoms with Crippen LogP contribution < -0.4 is 5.73 Å². The topological polar surface area (TPSA) is 134 Å². The highest BCUT2D eigenvalue weighted by atomic mass is 31.2. The van der Waals surface area contributed by atoms with E-state index in [2.05, 4.69) is 111 Å². The van der Waals surface area contributed by atoms with Crippen molar-refractivity contribution in [2.45, 2.75) is 213 Å². The lowest BCUT2D eigenvalue weighted by atomic mass is 10.0. The molecule has 2 unspecified atom stereocenters. The number of phosphoric acid groups is 1. The number of hydrogen-bond donors (Lipinski definition) is 2. The molecule has 0 aliphatic heterocycles. The Morgan fingerprint density at radius 2 is 0.846 bits per heavy atom. The van der Waals surface area contributed by atoms with E-state index in [4.69, 9.17) is 24.3 Å². The van der Waals surface area contributed by atoms with Gasteiger partial charge in [0, 0.05) is 19.4 Å². The first kappa shape index (κ1) is 61.9. The fraction of sp³-hybridized carbons (Fsp3) is 0.673. The largest absolute Gasteiger partial charge is 0.472 e. The molecule has 0 radical (unpaired) electrons. The van der Waals surface area contributed by atoms with Gasteiger partial charge in [0.15, 0.2) is 6.10 Å². The Morgan fingerprint density at radius 1 is 0.477 bits per heavy atom. The van der Waals surface area contributed by atoms with Gasteiger partial charge in [0.25, 0.3) is 0 Å². The van der Waals surface area contributed by atoms with Crippen LogP contribution >= 0.6 is 7.82 Å². The third kappa shape index (κ3) is 50.2. The number of ether oxygens (including phenoxy) is 2. The number of phosphoric ester groups is 1. The molecule has 9 nitrogen and oxygen atoms in total. The molecule has 0 saturated carbocycles. The Balaban J connectivity index is 4.06. The van der Waals surface area contributed by atoms with Crippen molar-refractivity contribution >= 4 is 19.8 Å². The van der Waals surface area contributed by atoms with E-state index in [0.717, 1.165) is 103 Å². The van der Waals surface area contributed by atoms with E-state index < -0.39 is 32.5 Å². The van der Waals surface area contributed by atoms with Crippen LogP contribution in [0.25, 0.3) is 0 Å². The number of unbranched alkanes of at least 4 members (excludes halogenated alkanes) is 18. The maximum absolute atomic E-state index is 12.7. The molecule has 0 spiro atoms. The second kappa shape index (κ2) is 50.3. The van der Waals surface area contributed by atoms with Crippen molar-refractivity contribution in [1.82, 2.24) is 0 Å². The van der Waals surface area contributed by atoms with E-state index in [1.54, 1.807) is 0 Å². The molecule has 3 N–H and O–H groups in total. The average molecular weight is 928 g/mol. The molecule has 0 amide bonds. The van der Waals surface area contributed by atoms with Crippen LogP contribution in [-0.2, 0) is 32.7 Å². The van der Waals surface area contributed by atoms with Crippen LogP contribution in [0.3, 0.4) is 0 Å². The first-order valence-electron chi connectivity index (χ1n) is 25.7. The van der Waals surface area contributed by atoms with Crippen molar-refractivity contribution in [3.05, 3.63) is 97.2 Å². The first-order valence-corrected chi connectivity index (χ1v) is 27.2. The van der Waals surface area contributed by atoms with Crippen molar-refractivity contribution in [3.8, 4) is 0 Å². The Hall–Kier alpha value is -3.07. The normalized spacial score (nSPS) is 14.0. The number of carbonyl (C=O) groups is 2. The van der Waals surface area contributed by atoms with Crippen LogP contribution in [0.1, 0.15) is 206 Å². The van der Waals surface area contributed by atoms with Crippen LogP contribution in [0.4, 0.5) is 0 Å².